The Balaban J connectivity index is 0. The van der Waals surface area contributed by atoms with Crippen LogP contribution in [0.25, 0.3) is 0 Å². The highest BCUT2D eigenvalue weighted by atomic mass is 31.2. The van der Waals surface area contributed by atoms with Gasteiger partial charge in [-0.15, -0.1) is 0 Å². The molecule has 0 saturated carbocycles. The molecule has 40 valence electrons. The third-order valence-corrected chi connectivity index (χ3v) is 0. The zero-order valence-corrected chi connectivity index (χ0v) is 3.98. The van der Waals surface area contributed by atoms with E-state index in [2.05, 4.69) is 16.5 Å². The van der Waals surface area contributed by atoms with Crippen LogP contribution in [0.1, 0.15) is 0 Å². The lowest BCUT2D eigenvalue weighted by atomic mass is 13.8. The fourth-order valence-corrected chi connectivity index (χ4v) is 0. The summed E-state index contributed by atoms with van der Waals surface area (Å²) in [5.74, 6) is 0. The Bertz CT molecular complexity index is 54.9. The predicted octanol–water partition coefficient (Wildman–Crippen LogP) is -1.85. The summed E-state index contributed by atoms with van der Waals surface area (Å²) >= 11 is 0. The van der Waals surface area contributed by atoms with Crippen LogP contribution < -0.4 is 16.5 Å². The van der Waals surface area contributed by atoms with Crippen LogP contribution in [-0.4, -0.2) is 5.48 Å². The first-order valence-electron chi connectivity index (χ1n) is 0.957. The topological polar surface area (TPSA) is 127 Å². The van der Waals surface area contributed by atoms with Crippen LogP contribution in [0.3, 0.4) is 0 Å². The van der Waals surface area contributed by atoms with Gasteiger partial charge in [-0.2, -0.15) is 0 Å². The van der Waals surface area contributed by atoms with Crippen LogP contribution in [0, 0.1) is 0 Å². The minimum absolute atomic E-state index is 0. The second-order valence-electron chi connectivity index (χ2n) is 0.763. The quantitative estimate of drug-likeness (QED) is 0.318. The first kappa shape index (κ1) is 9.42. The molecule has 0 saturated heterocycles. The van der Waals surface area contributed by atoms with Crippen molar-refractivity contribution in [2.75, 3.05) is 0 Å². The van der Waals surface area contributed by atoms with Gasteiger partial charge in [0.05, 0.1) is 0 Å². The van der Waals surface area contributed by atoms with Crippen molar-refractivity contribution in [1.29, 1.82) is 0 Å². The van der Waals surface area contributed by atoms with Gasteiger partial charge in [-0.25, -0.2) is 0 Å². The molecule has 0 aromatic rings. The largest absolute Gasteiger partial charge is 0.412 e. The Morgan fingerprint density at radius 2 is 1.17 bits per heavy atom. The van der Waals surface area contributed by atoms with Gasteiger partial charge in [-0.3, -0.25) is 21.1 Å². The van der Waals surface area contributed by atoms with Gasteiger partial charge in [0.25, 0.3) is 7.59 Å². The molecule has 0 fully saturated rings. The number of nitrogens with two attached hydrogens (primary N) is 3. The van der Waals surface area contributed by atoms with Gasteiger partial charge in [-0.05, 0) is 0 Å². The molecule has 6 heavy (non-hydrogen) atoms. The third-order valence-electron chi connectivity index (χ3n) is 0. The van der Waals surface area contributed by atoms with E-state index in [4.69, 9.17) is 0 Å². The second-order valence-corrected chi connectivity index (χ2v) is 2.29. The molecule has 0 radical (unpaired) electrons. The molecule has 0 aliphatic carbocycles. The standard InChI is InChI=1S/H6N3OP.H2O/c1-5(2,3)4;/h(H6,1,2,3,4);1H2. The molecule has 0 aliphatic heterocycles. The van der Waals surface area contributed by atoms with E-state index in [1.807, 2.05) is 0 Å². The van der Waals surface area contributed by atoms with Crippen molar-refractivity contribution in [2.45, 2.75) is 0 Å². The predicted molar refractivity (Wildman–Crippen MR) is 23.8 cm³/mol. The Hall–Kier alpha value is 0.0700. The molecule has 0 aromatic heterocycles. The minimum atomic E-state index is -3.14. The first-order valence-corrected chi connectivity index (χ1v) is 2.87. The lowest BCUT2D eigenvalue weighted by Crippen LogP contribution is -2.12. The van der Waals surface area contributed by atoms with Gasteiger partial charge >= 0.3 is 0 Å². The van der Waals surface area contributed by atoms with E-state index in [1.165, 1.54) is 0 Å². The molecule has 0 rings (SSSR count). The molecule has 0 heterocycles. The summed E-state index contributed by atoms with van der Waals surface area (Å²) in [5, 5.41) is 0. The maximum absolute atomic E-state index is 9.55. The average Bonchev–Trinajstić information content (AvgIpc) is 0.722. The highest BCUT2D eigenvalue weighted by Crippen LogP contribution is 2.06. The highest BCUT2D eigenvalue weighted by Gasteiger charge is 1.90. The molecule has 0 atom stereocenters. The summed E-state index contributed by atoms with van der Waals surface area (Å²) in [6, 6.07) is 0. The maximum atomic E-state index is 9.55. The smallest absolute Gasteiger partial charge is 0.271 e. The molecule has 6 heteroatoms. The summed E-state index contributed by atoms with van der Waals surface area (Å²) in [6.45, 7) is 0. The Labute approximate surface area is 35.3 Å². The van der Waals surface area contributed by atoms with Gasteiger partial charge < -0.3 is 5.48 Å². The van der Waals surface area contributed by atoms with Crippen molar-refractivity contribution in [3.63, 3.8) is 0 Å². The number of hydrogen-bond acceptors (Lipinski definition) is 1. The van der Waals surface area contributed by atoms with Gasteiger partial charge in [0.2, 0.25) is 0 Å². The van der Waals surface area contributed by atoms with Gasteiger partial charge in [0, 0.05) is 0 Å². The van der Waals surface area contributed by atoms with Crippen LogP contribution in [0.5, 0.6) is 0 Å². The van der Waals surface area contributed by atoms with Crippen LogP contribution in [-0.2, 0) is 4.57 Å². The van der Waals surface area contributed by atoms with E-state index in [0.29, 0.717) is 0 Å². The normalized spacial score (nSPS) is 9.83. The zero-order valence-electron chi connectivity index (χ0n) is 3.09. The third kappa shape index (κ3) is 7830. The second kappa shape index (κ2) is 2.28. The van der Waals surface area contributed by atoms with E-state index < -0.39 is 7.59 Å². The maximum Gasteiger partial charge on any atom is 0.271 e. The van der Waals surface area contributed by atoms with Crippen molar-refractivity contribution in [3.8, 4) is 0 Å². The van der Waals surface area contributed by atoms with Crippen LogP contribution in [0.4, 0.5) is 0 Å². The molecule has 8 N–H and O–H groups in total. The lowest BCUT2D eigenvalue weighted by molar-refractivity contribution is 0.577. The summed E-state index contributed by atoms with van der Waals surface area (Å²) in [6.07, 6.45) is 0. The average molecular weight is 113 g/mol. The first-order chi connectivity index (χ1) is 2.00. The van der Waals surface area contributed by atoms with Crippen LogP contribution in [0.15, 0.2) is 0 Å². The summed E-state index contributed by atoms with van der Waals surface area (Å²) in [4.78, 5) is 0. The van der Waals surface area contributed by atoms with Crippen molar-refractivity contribution < 1.29 is 10.0 Å². The molecule has 0 unspecified atom stereocenters. The van der Waals surface area contributed by atoms with Gasteiger partial charge in [-0.1, -0.05) is 0 Å². The monoisotopic (exact) mass is 113 g/mol. The van der Waals surface area contributed by atoms with Crippen LogP contribution in [0.2, 0.25) is 0 Å². The van der Waals surface area contributed by atoms with Crippen LogP contribution >= 0.6 is 7.59 Å². The fourth-order valence-electron chi connectivity index (χ4n) is 0. The molecule has 0 aliphatic rings. The van der Waals surface area contributed by atoms with Gasteiger partial charge in [0.1, 0.15) is 0 Å². The zero-order chi connectivity index (χ0) is 4.50. The lowest BCUT2D eigenvalue weighted by Gasteiger charge is -1.88. The minimum Gasteiger partial charge on any atom is -0.412 e. The van der Waals surface area contributed by atoms with E-state index in [1.54, 1.807) is 0 Å². The highest BCUT2D eigenvalue weighted by molar-refractivity contribution is 7.56. The number of hydrogen-bond donors (Lipinski definition) is 3. The Morgan fingerprint density at radius 1 is 1.17 bits per heavy atom. The van der Waals surface area contributed by atoms with Crippen molar-refractivity contribution in [1.82, 2.24) is 0 Å². The molecule has 0 spiro atoms. The van der Waals surface area contributed by atoms with Crippen molar-refractivity contribution >= 4 is 7.59 Å². The van der Waals surface area contributed by atoms with Crippen molar-refractivity contribution in [3.05, 3.63) is 0 Å². The number of rotatable bonds is 0. The van der Waals surface area contributed by atoms with E-state index >= 15 is 0 Å². The van der Waals surface area contributed by atoms with Crippen molar-refractivity contribution in [2.24, 2.45) is 16.5 Å². The van der Waals surface area contributed by atoms with E-state index in [9.17, 15) is 4.57 Å². The molecule has 0 amide bonds. The Kier molecular flexibility index (Phi) is 3.58. The molecule has 5 nitrogen and oxygen atoms in total. The molecule has 0 aromatic carbocycles. The van der Waals surface area contributed by atoms with Gasteiger partial charge in [0.15, 0.2) is 0 Å². The molecular formula is H8N3O2P. The van der Waals surface area contributed by atoms with E-state index in [0.717, 1.165) is 0 Å². The fraction of sp³-hybridized carbons (Fsp3) is 0. The van der Waals surface area contributed by atoms with E-state index in [-0.39, 0.29) is 5.48 Å². The Morgan fingerprint density at radius 3 is 1.17 bits per heavy atom. The summed E-state index contributed by atoms with van der Waals surface area (Å²) < 4.78 is 9.55. The molecule has 0 bridgehead atoms. The SMILES string of the molecule is NP(N)(N)=O.O. The summed E-state index contributed by atoms with van der Waals surface area (Å²) in [7, 11) is -3.14. The summed E-state index contributed by atoms with van der Waals surface area (Å²) in [5.41, 5.74) is 13.4. The molecular weight excluding hydrogens is 105 g/mol.